The summed E-state index contributed by atoms with van der Waals surface area (Å²) in [7, 11) is 1.75. The van der Waals surface area contributed by atoms with Crippen molar-refractivity contribution in [3.8, 4) is 11.1 Å². The fourth-order valence-electron chi connectivity index (χ4n) is 1.95. The van der Waals surface area contributed by atoms with Crippen molar-refractivity contribution < 1.29 is 13.2 Å². The first-order valence-electron chi connectivity index (χ1n) is 5.76. The maximum Gasteiger partial charge on any atom is 0.433 e. The van der Waals surface area contributed by atoms with Crippen LogP contribution in [0.4, 0.5) is 13.2 Å². The maximum absolute atomic E-state index is 12.7. The minimum atomic E-state index is -4.46. The third-order valence-electron chi connectivity index (χ3n) is 2.98. The van der Waals surface area contributed by atoms with Crippen molar-refractivity contribution in [1.29, 1.82) is 0 Å². The summed E-state index contributed by atoms with van der Waals surface area (Å²) in [5.74, 6) is 0. The van der Waals surface area contributed by atoms with Gasteiger partial charge in [-0.05, 0) is 23.8 Å². The number of pyridine rings is 2. The molecular weight excluding hydrogens is 269 g/mol. The lowest BCUT2D eigenvalue weighted by molar-refractivity contribution is -0.141. The van der Waals surface area contributed by atoms with Gasteiger partial charge in [-0.1, -0.05) is 0 Å². The van der Waals surface area contributed by atoms with E-state index in [2.05, 4.69) is 15.1 Å². The molecule has 3 heterocycles. The van der Waals surface area contributed by atoms with Crippen LogP contribution in [0.5, 0.6) is 0 Å². The Morgan fingerprint density at radius 1 is 1.05 bits per heavy atom. The Bertz CT molecular complexity index is 777. The Morgan fingerprint density at radius 2 is 1.85 bits per heavy atom. The molecule has 3 aromatic rings. The van der Waals surface area contributed by atoms with Crippen LogP contribution in [0, 0.1) is 0 Å². The molecule has 0 aliphatic heterocycles. The van der Waals surface area contributed by atoms with Crippen LogP contribution in [0.1, 0.15) is 5.69 Å². The molecule has 0 atom stereocenters. The summed E-state index contributed by atoms with van der Waals surface area (Å²) in [5.41, 5.74) is 1.55. The molecule has 0 saturated heterocycles. The Morgan fingerprint density at radius 3 is 2.60 bits per heavy atom. The van der Waals surface area contributed by atoms with Crippen LogP contribution in [-0.2, 0) is 13.2 Å². The predicted molar refractivity (Wildman–Crippen MR) is 66.7 cm³/mol. The van der Waals surface area contributed by atoms with Crippen LogP contribution >= 0.6 is 0 Å². The molecule has 0 N–H and O–H groups in total. The molecule has 20 heavy (non-hydrogen) atoms. The van der Waals surface area contributed by atoms with E-state index >= 15 is 0 Å². The van der Waals surface area contributed by atoms with Crippen LogP contribution in [0.3, 0.4) is 0 Å². The molecule has 3 aromatic heterocycles. The van der Waals surface area contributed by atoms with Crippen molar-refractivity contribution in [3.63, 3.8) is 0 Å². The molecule has 0 aliphatic carbocycles. The Kier molecular flexibility index (Phi) is 2.70. The standard InChI is InChI=1S/C13H9F3N4/c1-20-11-4-9(6-18-10(11)7-19-20)8-2-3-17-12(5-8)13(14,15)16/h2-7H,1H3. The number of hydrogen-bond acceptors (Lipinski definition) is 3. The number of nitrogens with zero attached hydrogens (tertiary/aromatic N) is 4. The van der Waals surface area contributed by atoms with Gasteiger partial charge in [0.05, 0.1) is 11.7 Å². The van der Waals surface area contributed by atoms with Gasteiger partial charge in [-0.15, -0.1) is 0 Å². The molecule has 0 saturated carbocycles. The largest absolute Gasteiger partial charge is 0.433 e. The van der Waals surface area contributed by atoms with Crippen LogP contribution in [0.2, 0.25) is 0 Å². The molecule has 0 radical (unpaired) electrons. The zero-order chi connectivity index (χ0) is 14.3. The van der Waals surface area contributed by atoms with Crippen LogP contribution < -0.4 is 0 Å². The van der Waals surface area contributed by atoms with Gasteiger partial charge in [-0.3, -0.25) is 14.6 Å². The van der Waals surface area contributed by atoms with E-state index < -0.39 is 11.9 Å². The second-order valence-corrected chi connectivity index (χ2v) is 4.32. The fourth-order valence-corrected chi connectivity index (χ4v) is 1.95. The lowest BCUT2D eigenvalue weighted by Gasteiger charge is -2.07. The minimum absolute atomic E-state index is 0.419. The highest BCUT2D eigenvalue weighted by atomic mass is 19.4. The quantitative estimate of drug-likeness (QED) is 0.687. The van der Waals surface area contributed by atoms with Crippen molar-refractivity contribution in [3.05, 3.63) is 42.5 Å². The van der Waals surface area contributed by atoms with Gasteiger partial charge in [0.1, 0.15) is 11.2 Å². The first kappa shape index (κ1) is 12.6. The molecule has 0 fully saturated rings. The van der Waals surface area contributed by atoms with E-state index in [0.29, 0.717) is 16.6 Å². The lowest BCUT2D eigenvalue weighted by atomic mass is 10.1. The monoisotopic (exact) mass is 278 g/mol. The normalized spacial score (nSPS) is 12.0. The molecule has 0 aromatic carbocycles. The fraction of sp³-hybridized carbons (Fsp3) is 0.154. The Labute approximate surface area is 111 Å². The van der Waals surface area contributed by atoms with Gasteiger partial charge >= 0.3 is 6.18 Å². The average Bonchev–Trinajstić information content (AvgIpc) is 2.79. The zero-order valence-electron chi connectivity index (χ0n) is 10.4. The first-order valence-corrected chi connectivity index (χ1v) is 5.76. The third-order valence-corrected chi connectivity index (χ3v) is 2.98. The van der Waals surface area contributed by atoms with Gasteiger partial charge in [0.2, 0.25) is 0 Å². The van der Waals surface area contributed by atoms with Crippen LogP contribution in [0.15, 0.2) is 36.8 Å². The Hall–Kier alpha value is -2.44. The summed E-state index contributed by atoms with van der Waals surface area (Å²) < 4.78 is 39.6. The SMILES string of the molecule is Cn1ncc2ncc(-c3ccnc(C(F)(F)F)c3)cc21. The van der Waals surface area contributed by atoms with E-state index in [9.17, 15) is 13.2 Å². The van der Waals surface area contributed by atoms with Gasteiger partial charge in [0.15, 0.2) is 0 Å². The summed E-state index contributed by atoms with van der Waals surface area (Å²) >= 11 is 0. The molecule has 0 spiro atoms. The summed E-state index contributed by atoms with van der Waals surface area (Å²) in [6.45, 7) is 0. The smallest absolute Gasteiger partial charge is 0.266 e. The van der Waals surface area contributed by atoms with E-state index in [1.807, 2.05) is 0 Å². The maximum atomic E-state index is 12.7. The predicted octanol–water partition coefficient (Wildman–Crippen LogP) is 3.05. The average molecular weight is 278 g/mol. The minimum Gasteiger partial charge on any atom is -0.266 e. The number of alkyl halides is 3. The van der Waals surface area contributed by atoms with E-state index in [4.69, 9.17) is 0 Å². The van der Waals surface area contributed by atoms with Crippen molar-refractivity contribution >= 4 is 11.0 Å². The number of hydrogen-bond donors (Lipinski definition) is 0. The van der Waals surface area contributed by atoms with E-state index in [1.54, 1.807) is 24.0 Å². The first-order chi connectivity index (χ1) is 9.45. The Balaban J connectivity index is 2.13. The van der Waals surface area contributed by atoms with Gasteiger partial charge < -0.3 is 0 Å². The molecule has 0 bridgehead atoms. The van der Waals surface area contributed by atoms with Gasteiger partial charge in [-0.2, -0.15) is 18.3 Å². The molecule has 102 valence electrons. The highest BCUT2D eigenvalue weighted by Gasteiger charge is 2.32. The summed E-state index contributed by atoms with van der Waals surface area (Å²) in [6, 6.07) is 4.29. The number of halogens is 3. The molecule has 3 rings (SSSR count). The van der Waals surface area contributed by atoms with Crippen molar-refractivity contribution in [2.45, 2.75) is 6.18 Å². The number of aryl methyl sites for hydroxylation is 1. The molecular formula is C13H9F3N4. The molecule has 0 unspecified atom stereocenters. The molecule has 0 amide bonds. The molecule has 7 heteroatoms. The summed E-state index contributed by atoms with van der Waals surface area (Å²) in [4.78, 5) is 7.53. The van der Waals surface area contributed by atoms with Crippen molar-refractivity contribution in [2.24, 2.45) is 7.05 Å². The van der Waals surface area contributed by atoms with E-state index in [0.717, 1.165) is 17.8 Å². The summed E-state index contributed by atoms with van der Waals surface area (Å²) in [6.07, 6.45) is -0.183. The van der Waals surface area contributed by atoms with E-state index in [1.165, 1.54) is 12.3 Å². The number of fused-ring (bicyclic) bond motifs is 1. The van der Waals surface area contributed by atoms with Crippen LogP contribution in [0.25, 0.3) is 22.2 Å². The second-order valence-electron chi connectivity index (χ2n) is 4.32. The van der Waals surface area contributed by atoms with Gasteiger partial charge in [0, 0.05) is 25.0 Å². The topological polar surface area (TPSA) is 43.6 Å². The molecule has 4 nitrogen and oxygen atoms in total. The highest BCUT2D eigenvalue weighted by molar-refractivity contribution is 5.80. The van der Waals surface area contributed by atoms with E-state index in [-0.39, 0.29) is 0 Å². The second kappa shape index (κ2) is 4.29. The zero-order valence-corrected chi connectivity index (χ0v) is 10.4. The van der Waals surface area contributed by atoms with Crippen molar-refractivity contribution in [2.75, 3.05) is 0 Å². The highest BCUT2D eigenvalue weighted by Crippen LogP contribution is 2.30. The van der Waals surface area contributed by atoms with Gasteiger partial charge in [-0.25, -0.2) is 0 Å². The third kappa shape index (κ3) is 2.11. The lowest BCUT2D eigenvalue weighted by Crippen LogP contribution is -2.07. The van der Waals surface area contributed by atoms with Crippen LogP contribution in [-0.4, -0.2) is 19.7 Å². The molecule has 0 aliphatic rings. The number of aromatic nitrogens is 4. The number of rotatable bonds is 1. The van der Waals surface area contributed by atoms with Gasteiger partial charge in [0.25, 0.3) is 0 Å². The van der Waals surface area contributed by atoms with Crippen molar-refractivity contribution in [1.82, 2.24) is 19.7 Å². The summed E-state index contributed by atoms with van der Waals surface area (Å²) in [5, 5.41) is 4.05.